The number of allylic oxidation sites excluding steroid dienone is 2. The van der Waals surface area contributed by atoms with E-state index in [1.807, 2.05) is 0 Å². The van der Waals surface area contributed by atoms with Crippen LogP contribution in [0.5, 0.6) is 0 Å². The van der Waals surface area contributed by atoms with Gasteiger partial charge in [-0.3, -0.25) is 9.59 Å². The number of ketones is 1. The molecule has 0 aromatic rings. The van der Waals surface area contributed by atoms with Crippen molar-refractivity contribution in [1.29, 1.82) is 0 Å². The fraction of sp³-hybridized carbons (Fsp3) is 0.810. The summed E-state index contributed by atoms with van der Waals surface area (Å²) < 4.78 is 0. The molecule has 0 heterocycles. The molecule has 0 radical (unpaired) electrons. The van der Waals surface area contributed by atoms with Gasteiger partial charge in [0, 0.05) is 13.5 Å². The second-order valence-electron chi connectivity index (χ2n) is 6.75. The topological polar surface area (TPSA) is 46.2 Å². The first-order valence-electron chi connectivity index (χ1n) is 10.1. The first-order chi connectivity index (χ1) is 11.7. The molecule has 140 valence electrons. The van der Waals surface area contributed by atoms with E-state index in [1.165, 1.54) is 84.0 Å². The van der Waals surface area contributed by atoms with E-state index in [4.69, 9.17) is 0 Å². The first kappa shape index (κ1) is 22.9. The second-order valence-corrected chi connectivity index (χ2v) is 6.75. The molecule has 0 bridgehead atoms. The summed E-state index contributed by atoms with van der Waals surface area (Å²) in [6, 6.07) is 0. The van der Waals surface area contributed by atoms with Gasteiger partial charge < -0.3 is 5.32 Å². The minimum atomic E-state index is -0.456. The SMILES string of the molecule is CCCCCCCC/C=C\CCCCCCCCNC(=O)C(C)=O. The standard InChI is InChI=1S/C21H39NO2/c1-3-4-5-6-7-8-9-10-11-12-13-14-15-16-17-18-19-22-21(24)20(2)23/h10-11H,3-9,12-19H2,1-2H3,(H,22,24)/b11-10-. The van der Waals surface area contributed by atoms with Gasteiger partial charge in [-0.25, -0.2) is 0 Å². The number of carbonyl (C=O) groups is 2. The summed E-state index contributed by atoms with van der Waals surface area (Å²) in [6.45, 7) is 4.19. The number of amides is 1. The molecule has 0 saturated heterocycles. The third-order valence-corrected chi connectivity index (χ3v) is 4.29. The summed E-state index contributed by atoms with van der Waals surface area (Å²) in [5.74, 6) is -0.859. The number of hydrogen-bond acceptors (Lipinski definition) is 2. The molecule has 24 heavy (non-hydrogen) atoms. The highest BCUT2D eigenvalue weighted by atomic mass is 16.2. The zero-order chi connectivity index (χ0) is 17.9. The largest absolute Gasteiger partial charge is 0.350 e. The predicted molar refractivity (Wildman–Crippen MR) is 103 cm³/mol. The van der Waals surface area contributed by atoms with Crippen molar-refractivity contribution < 1.29 is 9.59 Å². The Kier molecular flexibility index (Phi) is 17.4. The molecule has 3 nitrogen and oxygen atoms in total. The number of carbonyl (C=O) groups excluding carboxylic acids is 2. The minimum Gasteiger partial charge on any atom is -0.350 e. The van der Waals surface area contributed by atoms with Gasteiger partial charge >= 0.3 is 0 Å². The van der Waals surface area contributed by atoms with Gasteiger partial charge in [-0.1, -0.05) is 76.9 Å². The average molecular weight is 338 g/mol. The molecule has 0 saturated carbocycles. The Morgan fingerprint density at radius 3 is 1.67 bits per heavy atom. The van der Waals surface area contributed by atoms with Gasteiger partial charge in [-0.05, 0) is 32.1 Å². The highest BCUT2D eigenvalue weighted by molar-refractivity contribution is 6.35. The molecule has 0 atom stereocenters. The highest BCUT2D eigenvalue weighted by Gasteiger charge is 2.04. The van der Waals surface area contributed by atoms with Crippen LogP contribution in [0.2, 0.25) is 0 Å². The van der Waals surface area contributed by atoms with Crippen LogP contribution in [0.25, 0.3) is 0 Å². The lowest BCUT2D eigenvalue weighted by atomic mass is 10.1. The summed E-state index contributed by atoms with van der Waals surface area (Å²) in [5, 5.41) is 2.63. The molecule has 0 aliphatic heterocycles. The Morgan fingerprint density at radius 1 is 0.708 bits per heavy atom. The zero-order valence-electron chi connectivity index (χ0n) is 16.1. The highest BCUT2D eigenvalue weighted by Crippen LogP contribution is 2.09. The lowest BCUT2D eigenvalue weighted by molar-refractivity contribution is -0.136. The number of rotatable bonds is 17. The van der Waals surface area contributed by atoms with E-state index in [0.717, 1.165) is 12.8 Å². The van der Waals surface area contributed by atoms with Crippen molar-refractivity contribution in [3.05, 3.63) is 12.2 Å². The van der Waals surface area contributed by atoms with Crippen molar-refractivity contribution in [3.63, 3.8) is 0 Å². The van der Waals surface area contributed by atoms with Crippen molar-refractivity contribution in [3.8, 4) is 0 Å². The van der Waals surface area contributed by atoms with Crippen molar-refractivity contribution in [1.82, 2.24) is 5.32 Å². The summed E-state index contributed by atoms with van der Waals surface area (Å²) in [5.41, 5.74) is 0. The molecule has 0 unspecified atom stereocenters. The molecule has 3 heteroatoms. The molecule has 0 spiro atoms. The third-order valence-electron chi connectivity index (χ3n) is 4.29. The van der Waals surface area contributed by atoms with Gasteiger partial charge in [-0.15, -0.1) is 0 Å². The van der Waals surface area contributed by atoms with Gasteiger partial charge in [0.15, 0.2) is 0 Å². The van der Waals surface area contributed by atoms with Gasteiger partial charge in [0.1, 0.15) is 0 Å². The summed E-state index contributed by atoms with van der Waals surface area (Å²) in [6.07, 6.45) is 22.6. The Hall–Kier alpha value is -1.12. The number of nitrogens with one attached hydrogen (secondary N) is 1. The molecule has 1 amide bonds. The van der Waals surface area contributed by atoms with Crippen LogP contribution in [0, 0.1) is 0 Å². The van der Waals surface area contributed by atoms with Crippen molar-refractivity contribution in [2.45, 2.75) is 104 Å². The molecule has 1 N–H and O–H groups in total. The molecule has 0 aromatic carbocycles. The zero-order valence-corrected chi connectivity index (χ0v) is 16.1. The van der Waals surface area contributed by atoms with E-state index in [1.54, 1.807) is 0 Å². The van der Waals surface area contributed by atoms with Gasteiger partial charge in [0.25, 0.3) is 5.91 Å². The number of Topliss-reactive ketones (excluding diaryl/α,β-unsaturated/α-hetero) is 1. The predicted octanol–water partition coefficient (Wildman–Crippen LogP) is 5.73. The van der Waals surface area contributed by atoms with Crippen molar-refractivity contribution >= 4 is 11.7 Å². The van der Waals surface area contributed by atoms with E-state index in [-0.39, 0.29) is 0 Å². The lowest BCUT2D eigenvalue weighted by Crippen LogP contribution is -2.29. The fourth-order valence-electron chi connectivity index (χ4n) is 2.70. The van der Waals surface area contributed by atoms with Crippen LogP contribution in [-0.4, -0.2) is 18.2 Å². The maximum Gasteiger partial charge on any atom is 0.287 e. The van der Waals surface area contributed by atoms with E-state index in [9.17, 15) is 9.59 Å². The first-order valence-corrected chi connectivity index (χ1v) is 10.1. The summed E-state index contributed by atoms with van der Waals surface area (Å²) >= 11 is 0. The van der Waals surface area contributed by atoms with E-state index >= 15 is 0 Å². The Bertz CT molecular complexity index is 337. The fourth-order valence-corrected chi connectivity index (χ4v) is 2.70. The van der Waals surface area contributed by atoms with E-state index in [2.05, 4.69) is 24.4 Å². The number of hydrogen-bond donors (Lipinski definition) is 1. The van der Waals surface area contributed by atoms with Gasteiger partial charge in [0.2, 0.25) is 5.78 Å². The van der Waals surface area contributed by atoms with Crippen LogP contribution in [0.15, 0.2) is 12.2 Å². The molecular weight excluding hydrogens is 298 g/mol. The second kappa shape index (κ2) is 18.2. The quantitative estimate of drug-likeness (QED) is 0.209. The van der Waals surface area contributed by atoms with Crippen LogP contribution in [-0.2, 0) is 9.59 Å². The molecular formula is C21H39NO2. The van der Waals surface area contributed by atoms with Crippen LogP contribution in [0.4, 0.5) is 0 Å². The maximum atomic E-state index is 11.0. The molecule has 0 fully saturated rings. The monoisotopic (exact) mass is 337 g/mol. The van der Waals surface area contributed by atoms with Crippen LogP contribution in [0.1, 0.15) is 104 Å². The third kappa shape index (κ3) is 17.2. The molecule has 0 aliphatic carbocycles. The number of unbranched alkanes of at least 4 members (excludes halogenated alkanes) is 12. The average Bonchev–Trinajstić information content (AvgIpc) is 2.57. The summed E-state index contributed by atoms with van der Waals surface area (Å²) in [7, 11) is 0. The Morgan fingerprint density at radius 2 is 1.17 bits per heavy atom. The molecule has 0 rings (SSSR count). The smallest absolute Gasteiger partial charge is 0.287 e. The van der Waals surface area contributed by atoms with Crippen molar-refractivity contribution in [2.24, 2.45) is 0 Å². The van der Waals surface area contributed by atoms with E-state index < -0.39 is 11.7 Å². The van der Waals surface area contributed by atoms with Crippen LogP contribution in [0.3, 0.4) is 0 Å². The van der Waals surface area contributed by atoms with Crippen molar-refractivity contribution in [2.75, 3.05) is 6.54 Å². The van der Waals surface area contributed by atoms with Gasteiger partial charge in [-0.2, -0.15) is 0 Å². The Labute approximate surface area is 149 Å². The molecule has 0 aliphatic rings. The van der Waals surface area contributed by atoms with Crippen LogP contribution >= 0.6 is 0 Å². The lowest BCUT2D eigenvalue weighted by Gasteiger charge is -2.03. The Balaban J connectivity index is 3.15. The van der Waals surface area contributed by atoms with E-state index in [0.29, 0.717) is 6.54 Å². The maximum absolute atomic E-state index is 11.0. The minimum absolute atomic E-state index is 0.403. The van der Waals surface area contributed by atoms with Gasteiger partial charge in [0.05, 0.1) is 0 Å². The molecule has 0 aromatic heterocycles. The van der Waals surface area contributed by atoms with Crippen LogP contribution < -0.4 is 5.32 Å². The summed E-state index contributed by atoms with van der Waals surface area (Å²) in [4.78, 5) is 21.8. The normalized spacial score (nSPS) is 11.1.